The molecule has 21 heavy (non-hydrogen) atoms. The molecule has 0 bridgehead atoms. The van der Waals surface area contributed by atoms with Crippen LogP contribution in [0.2, 0.25) is 0 Å². The molecule has 1 aliphatic heterocycles. The van der Waals surface area contributed by atoms with Crippen LogP contribution in [0.4, 0.5) is 0 Å². The first-order valence-electron chi connectivity index (χ1n) is 7.50. The van der Waals surface area contributed by atoms with Crippen LogP contribution in [0.1, 0.15) is 18.9 Å². The lowest BCUT2D eigenvalue weighted by Gasteiger charge is -2.30. The number of rotatable bonds is 3. The predicted octanol–water partition coefficient (Wildman–Crippen LogP) is 0.815. The Morgan fingerprint density at radius 2 is 2.05 bits per heavy atom. The average molecular weight is 291 g/mol. The number of hydrogen-bond donors (Lipinski definition) is 2. The van der Waals surface area contributed by atoms with Crippen LogP contribution >= 0.6 is 0 Å². The lowest BCUT2D eigenvalue weighted by atomic mass is 10.0. The number of carbonyl (C=O) groups excluding carboxylic acids is 1. The van der Waals surface area contributed by atoms with Gasteiger partial charge in [0.2, 0.25) is 5.91 Å². The molecular formula is C16H25N3O2. The first-order chi connectivity index (χ1) is 9.97. The molecule has 2 rings (SSSR count). The standard InChI is InChI=1S/C16H25N3O2/c1-12-11-18(2)8-3-9-19(12)16(21)15(17)10-13-4-6-14(20)7-5-13/h4-7,12,15,20H,3,8-11,17H2,1-2H3/t12?,15-/m0/s1. The number of hydrogen-bond acceptors (Lipinski definition) is 4. The van der Waals surface area contributed by atoms with Crippen molar-refractivity contribution in [2.24, 2.45) is 5.73 Å². The van der Waals surface area contributed by atoms with Gasteiger partial charge < -0.3 is 20.6 Å². The maximum Gasteiger partial charge on any atom is 0.240 e. The number of phenols is 1. The molecular weight excluding hydrogens is 266 g/mol. The minimum absolute atomic E-state index is 0.0193. The average Bonchev–Trinajstić information content (AvgIpc) is 2.61. The van der Waals surface area contributed by atoms with Crippen molar-refractivity contribution in [3.63, 3.8) is 0 Å². The molecule has 1 aromatic carbocycles. The second-order valence-corrected chi connectivity index (χ2v) is 5.97. The van der Waals surface area contributed by atoms with Crippen molar-refractivity contribution in [3.05, 3.63) is 29.8 Å². The summed E-state index contributed by atoms with van der Waals surface area (Å²) in [6.07, 6.45) is 1.48. The molecule has 5 nitrogen and oxygen atoms in total. The monoisotopic (exact) mass is 291 g/mol. The first kappa shape index (κ1) is 15.8. The minimum atomic E-state index is -0.527. The van der Waals surface area contributed by atoms with Crippen molar-refractivity contribution < 1.29 is 9.90 Å². The fraction of sp³-hybridized carbons (Fsp3) is 0.562. The van der Waals surface area contributed by atoms with Gasteiger partial charge in [0.25, 0.3) is 0 Å². The topological polar surface area (TPSA) is 69.8 Å². The van der Waals surface area contributed by atoms with Gasteiger partial charge in [0.15, 0.2) is 0 Å². The molecule has 0 aliphatic carbocycles. The summed E-state index contributed by atoms with van der Waals surface area (Å²) >= 11 is 0. The molecule has 2 atom stereocenters. The van der Waals surface area contributed by atoms with Gasteiger partial charge in [-0.2, -0.15) is 0 Å². The second-order valence-electron chi connectivity index (χ2n) is 5.97. The molecule has 1 amide bonds. The summed E-state index contributed by atoms with van der Waals surface area (Å²) in [5.41, 5.74) is 7.06. The summed E-state index contributed by atoms with van der Waals surface area (Å²) in [5.74, 6) is 0.244. The summed E-state index contributed by atoms with van der Waals surface area (Å²) in [6, 6.07) is 6.52. The van der Waals surface area contributed by atoms with Crippen LogP contribution in [0.15, 0.2) is 24.3 Å². The van der Waals surface area contributed by atoms with E-state index in [0.29, 0.717) is 6.42 Å². The van der Waals surface area contributed by atoms with Crippen LogP contribution < -0.4 is 5.73 Å². The van der Waals surface area contributed by atoms with E-state index in [1.54, 1.807) is 12.1 Å². The van der Waals surface area contributed by atoms with Gasteiger partial charge in [0.05, 0.1) is 6.04 Å². The molecule has 0 aromatic heterocycles. The van der Waals surface area contributed by atoms with Gasteiger partial charge in [-0.15, -0.1) is 0 Å². The maximum absolute atomic E-state index is 12.6. The van der Waals surface area contributed by atoms with Crippen molar-refractivity contribution in [1.82, 2.24) is 9.80 Å². The lowest BCUT2D eigenvalue weighted by molar-refractivity contribution is -0.134. The van der Waals surface area contributed by atoms with Crippen molar-refractivity contribution in [2.75, 3.05) is 26.7 Å². The summed E-state index contributed by atoms with van der Waals surface area (Å²) in [5, 5.41) is 9.28. The first-order valence-corrected chi connectivity index (χ1v) is 7.50. The van der Waals surface area contributed by atoms with Crippen LogP contribution in [-0.2, 0) is 11.2 Å². The van der Waals surface area contributed by atoms with Crippen LogP contribution in [0, 0.1) is 0 Å². The molecule has 1 aliphatic rings. The van der Waals surface area contributed by atoms with Crippen LogP contribution in [-0.4, -0.2) is 59.6 Å². The minimum Gasteiger partial charge on any atom is -0.508 e. The van der Waals surface area contributed by atoms with E-state index in [1.165, 1.54) is 0 Å². The number of amides is 1. The number of nitrogens with zero attached hydrogens (tertiary/aromatic N) is 2. The summed E-state index contributed by atoms with van der Waals surface area (Å²) in [7, 11) is 2.08. The summed E-state index contributed by atoms with van der Waals surface area (Å²) in [4.78, 5) is 16.7. The molecule has 0 radical (unpaired) electrons. The Morgan fingerprint density at radius 1 is 1.38 bits per heavy atom. The van der Waals surface area contributed by atoms with Gasteiger partial charge >= 0.3 is 0 Å². The molecule has 1 fully saturated rings. The summed E-state index contributed by atoms with van der Waals surface area (Å²) in [6.45, 7) is 4.75. The van der Waals surface area contributed by atoms with Crippen LogP contribution in [0.25, 0.3) is 0 Å². The number of aromatic hydroxyl groups is 1. The van der Waals surface area contributed by atoms with Crippen LogP contribution in [0.5, 0.6) is 5.75 Å². The van der Waals surface area contributed by atoms with E-state index in [9.17, 15) is 9.90 Å². The van der Waals surface area contributed by atoms with E-state index < -0.39 is 6.04 Å². The zero-order valence-corrected chi connectivity index (χ0v) is 12.8. The molecule has 3 N–H and O–H groups in total. The Hall–Kier alpha value is -1.59. The van der Waals surface area contributed by atoms with E-state index in [4.69, 9.17) is 5.73 Å². The van der Waals surface area contributed by atoms with Crippen molar-refractivity contribution >= 4 is 5.91 Å². The predicted molar refractivity (Wildman–Crippen MR) is 83.1 cm³/mol. The molecule has 1 aromatic rings. The van der Waals surface area contributed by atoms with Crippen molar-refractivity contribution in [1.29, 1.82) is 0 Å². The van der Waals surface area contributed by atoms with Gasteiger partial charge in [-0.25, -0.2) is 0 Å². The quantitative estimate of drug-likeness (QED) is 0.865. The zero-order valence-electron chi connectivity index (χ0n) is 12.8. The number of nitrogens with two attached hydrogens (primary N) is 1. The molecule has 1 saturated heterocycles. The molecule has 116 valence electrons. The number of carbonyl (C=O) groups is 1. The van der Waals surface area contributed by atoms with Crippen molar-refractivity contribution in [3.8, 4) is 5.75 Å². The Morgan fingerprint density at radius 3 is 2.71 bits per heavy atom. The van der Waals surface area contributed by atoms with Crippen LogP contribution in [0.3, 0.4) is 0 Å². The molecule has 1 heterocycles. The second kappa shape index (κ2) is 6.91. The maximum atomic E-state index is 12.6. The third kappa shape index (κ3) is 4.19. The smallest absolute Gasteiger partial charge is 0.240 e. The van der Waals surface area contributed by atoms with E-state index >= 15 is 0 Å². The Labute approximate surface area is 126 Å². The molecule has 1 unspecified atom stereocenters. The number of likely N-dealkylation sites (N-methyl/N-ethyl adjacent to an activating group) is 1. The Bertz CT molecular complexity index is 475. The highest BCUT2D eigenvalue weighted by molar-refractivity contribution is 5.82. The van der Waals surface area contributed by atoms with Gasteiger partial charge in [0, 0.05) is 19.1 Å². The lowest BCUT2D eigenvalue weighted by Crippen LogP contribution is -2.50. The normalized spacial score (nSPS) is 21.9. The Balaban J connectivity index is 1.99. The fourth-order valence-electron chi connectivity index (χ4n) is 2.89. The molecule has 5 heteroatoms. The molecule has 0 saturated carbocycles. The third-order valence-electron chi connectivity index (χ3n) is 4.04. The highest BCUT2D eigenvalue weighted by atomic mass is 16.3. The highest BCUT2D eigenvalue weighted by Gasteiger charge is 2.27. The third-order valence-corrected chi connectivity index (χ3v) is 4.04. The van der Waals surface area contributed by atoms with Gasteiger partial charge in [-0.05, 0) is 51.1 Å². The van der Waals surface area contributed by atoms with Crippen molar-refractivity contribution in [2.45, 2.75) is 31.8 Å². The Kier molecular flexibility index (Phi) is 5.20. The highest BCUT2D eigenvalue weighted by Crippen LogP contribution is 2.14. The van der Waals surface area contributed by atoms with Gasteiger partial charge in [0.1, 0.15) is 5.75 Å². The SMILES string of the molecule is CC1CN(C)CCCN1C(=O)[C@@H](N)Cc1ccc(O)cc1. The van der Waals surface area contributed by atoms with E-state index in [2.05, 4.69) is 18.9 Å². The summed E-state index contributed by atoms with van der Waals surface area (Å²) < 4.78 is 0. The number of benzene rings is 1. The number of phenolic OH excluding ortho intramolecular Hbond substituents is 1. The van der Waals surface area contributed by atoms with E-state index in [0.717, 1.165) is 31.6 Å². The fourth-order valence-corrected chi connectivity index (χ4v) is 2.89. The van der Waals surface area contributed by atoms with Gasteiger partial charge in [-0.3, -0.25) is 4.79 Å². The molecule has 0 spiro atoms. The zero-order chi connectivity index (χ0) is 15.4. The van der Waals surface area contributed by atoms with E-state index in [-0.39, 0.29) is 17.7 Å². The van der Waals surface area contributed by atoms with Gasteiger partial charge in [-0.1, -0.05) is 12.1 Å². The largest absolute Gasteiger partial charge is 0.508 e. The van der Waals surface area contributed by atoms with E-state index in [1.807, 2.05) is 17.0 Å².